The van der Waals surface area contributed by atoms with Crippen molar-refractivity contribution < 1.29 is 4.79 Å². The van der Waals surface area contributed by atoms with Gasteiger partial charge in [0.1, 0.15) is 5.69 Å². The fraction of sp³-hybridized carbons (Fsp3) is 0.308. The van der Waals surface area contributed by atoms with E-state index in [0.717, 1.165) is 22.1 Å². The Hall–Kier alpha value is -1.95. The van der Waals surface area contributed by atoms with E-state index in [2.05, 4.69) is 20.6 Å². The Kier molecular flexibility index (Phi) is 4.46. The van der Waals surface area contributed by atoms with Crippen LogP contribution in [0.2, 0.25) is 0 Å². The third kappa shape index (κ3) is 3.75. The molecule has 1 amide bonds. The Labute approximate surface area is 116 Å². The molecule has 0 saturated carbocycles. The minimum absolute atomic E-state index is 0.172. The molecule has 0 radical (unpaired) electrons. The summed E-state index contributed by atoms with van der Waals surface area (Å²) in [7, 11) is 0. The number of amides is 1. The molecule has 19 heavy (non-hydrogen) atoms. The van der Waals surface area contributed by atoms with Crippen LogP contribution in [0.3, 0.4) is 0 Å². The van der Waals surface area contributed by atoms with Crippen LogP contribution in [0, 0.1) is 6.92 Å². The largest absolute Gasteiger partial charge is 0.384 e. The van der Waals surface area contributed by atoms with E-state index in [-0.39, 0.29) is 5.91 Å². The van der Waals surface area contributed by atoms with Gasteiger partial charge in [-0.25, -0.2) is 9.97 Å². The Morgan fingerprint density at radius 3 is 2.74 bits per heavy atom. The maximum Gasteiger partial charge on any atom is 0.270 e. The highest BCUT2D eigenvalue weighted by Crippen LogP contribution is 2.11. The Morgan fingerprint density at radius 1 is 1.32 bits per heavy atom. The van der Waals surface area contributed by atoms with Gasteiger partial charge in [-0.3, -0.25) is 4.79 Å². The van der Waals surface area contributed by atoms with E-state index in [1.165, 1.54) is 0 Å². The normalized spacial score (nSPS) is 10.2. The minimum atomic E-state index is -0.172. The maximum absolute atomic E-state index is 11.9. The van der Waals surface area contributed by atoms with E-state index in [1.54, 1.807) is 29.8 Å². The van der Waals surface area contributed by atoms with Gasteiger partial charge in [0.25, 0.3) is 5.91 Å². The van der Waals surface area contributed by atoms with Gasteiger partial charge in [0, 0.05) is 17.6 Å². The third-order valence-corrected chi connectivity index (χ3v) is 3.38. The second-order valence-electron chi connectivity index (χ2n) is 3.99. The van der Waals surface area contributed by atoms with Crippen LogP contribution in [0.1, 0.15) is 27.3 Å². The van der Waals surface area contributed by atoms with Crippen LogP contribution >= 0.6 is 11.3 Å². The molecule has 100 valence electrons. The summed E-state index contributed by atoms with van der Waals surface area (Å²) in [6.07, 6.45) is 3.44. The highest BCUT2D eigenvalue weighted by molar-refractivity contribution is 7.11. The Balaban J connectivity index is 1.92. The molecule has 2 heterocycles. The first-order chi connectivity index (χ1) is 9.19. The van der Waals surface area contributed by atoms with Crippen LogP contribution in [0.25, 0.3) is 0 Å². The van der Waals surface area contributed by atoms with E-state index < -0.39 is 0 Å². The summed E-state index contributed by atoms with van der Waals surface area (Å²) < 4.78 is 0. The van der Waals surface area contributed by atoms with E-state index >= 15 is 0 Å². The first-order valence-corrected chi connectivity index (χ1v) is 6.90. The van der Waals surface area contributed by atoms with Crippen molar-refractivity contribution in [2.75, 3.05) is 11.9 Å². The van der Waals surface area contributed by atoms with Gasteiger partial charge in [0.15, 0.2) is 0 Å². The molecule has 0 spiro atoms. The molecule has 0 aliphatic heterocycles. The number of carbonyl (C=O) groups is 1. The van der Waals surface area contributed by atoms with E-state index in [0.29, 0.717) is 12.2 Å². The lowest BCUT2D eigenvalue weighted by atomic mass is 10.3. The molecule has 0 bridgehead atoms. The lowest BCUT2D eigenvalue weighted by Crippen LogP contribution is -2.23. The molecular weight excluding hydrogens is 260 g/mol. The molecule has 6 heteroatoms. The molecule has 5 nitrogen and oxygen atoms in total. The second kappa shape index (κ2) is 6.29. The number of nitrogens with zero attached hydrogens (tertiary/aromatic N) is 2. The van der Waals surface area contributed by atoms with E-state index in [9.17, 15) is 4.79 Å². The fourth-order valence-electron chi connectivity index (χ4n) is 1.58. The van der Waals surface area contributed by atoms with Gasteiger partial charge in [0.2, 0.25) is 0 Å². The molecule has 0 aliphatic rings. The summed E-state index contributed by atoms with van der Waals surface area (Å²) in [5.41, 5.74) is 1.33. The van der Waals surface area contributed by atoms with Crippen LogP contribution in [-0.2, 0) is 6.54 Å². The number of aromatic nitrogens is 2. The van der Waals surface area contributed by atoms with Gasteiger partial charge >= 0.3 is 0 Å². The van der Waals surface area contributed by atoms with Crippen molar-refractivity contribution in [3.63, 3.8) is 0 Å². The van der Waals surface area contributed by atoms with Crippen molar-refractivity contribution in [3.8, 4) is 0 Å². The number of rotatable bonds is 5. The molecule has 0 aromatic carbocycles. The number of anilines is 1. The van der Waals surface area contributed by atoms with Gasteiger partial charge < -0.3 is 10.6 Å². The summed E-state index contributed by atoms with van der Waals surface area (Å²) in [5, 5.41) is 6.96. The Morgan fingerprint density at radius 2 is 2.16 bits per heavy atom. The lowest BCUT2D eigenvalue weighted by Gasteiger charge is -2.05. The maximum atomic E-state index is 11.9. The number of aryl methyl sites for hydroxylation is 1. The first-order valence-electron chi connectivity index (χ1n) is 6.08. The van der Waals surface area contributed by atoms with Crippen LogP contribution in [0.4, 0.5) is 5.69 Å². The predicted molar refractivity (Wildman–Crippen MR) is 76.4 cm³/mol. The van der Waals surface area contributed by atoms with Gasteiger partial charge in [0.05, 0.1) is 23.4 Å². The SMILES string of the molecule is CCNc1ccc(C(=O)NCc2cnc(C)s2)nc1. The molecule has 2 rings (SSSR count). The van der Waals surface area contributed by atoms with Crippen molar-refractivity contribution in [3.05, 3.63) is 40.1 Å². The second-order valence-corrected chi connectivity index (χ2v) is 5.31. The molecule has 2 N–H and O–H groups in total. The molecule has 0 saturated heterocycles. The zero-order chi connectivity index (χ0) is 13.7. The highest BCUT2D eigenvalue weighted by Gasteiger charge is 2.07. The molecule has 0 aliphatic carbocycles. The summed E-state index contributed by atoms with van der Waals surface area (Å²) in [6, 6.07) is 3.56. The topological polar surface area (TPSA) is 66.9 Å². The first kappa shape index (κ1) is 13.5. The number of hydrogen-bond acceptors (Lipinski definition) is 5. The van der Waals surface area contributed by atoms with Crippen LogP contribution in [0.15, 0.2) is 24.5 Å². The number of hydrogen-bond donors (Lipinski definition) is 2. The summed E-state index contributed by atoms with van der Waals surface area (Å²) in [5.74, 6) is -0.172. The van der Waals surface area contributed by atoms with Crippen molar-refractivity contribution in [1.82, 2.24) is 15.3 Å². The molecule has 2 aromatic heterocycles. The summed E-state index contributed by atoms with van der Waals surface area (Å²) in [4.78, 5) is 21.2. The molecule has 0 atom stereocenters. The quantitative estimate of drug-likeness (QED) is 0.878. The highest BCUT2D eigenvalue weighted by atomic mass is 32.1. The zero-order valence-electron chi connectivity index (χ0n) is 10.9. The zero-order valence-corrected chi connectivity index (χ0v) is 11.8. The van der Waals surface area contributed by atoms with Gasteiger partial charge in [-0.2, -0.15) is 0 Å². The smallest absolute Gasteiger partial charge is 0.270 e. The van der Waals surface area contributed by atoms with Crippen molar-refractivity contribution in [2.24, 2.45) is 0 Å². The lowest BCUT2D eigenvalue weighted by molar-refractivity contribution is 0.0946. The summed E-state index contributed by atoms with van der Waals surface area (Å²) in [6.45, 7) is 5.27. The number of carbonyl (C=O) groups excluding carboxylic acids is 1. The van der Waals surface area contributed by atoms with Crippen molar-refractivity contribution >= 4 is 22.9 Å². The minimum Gasteiger partial charge on any atom is -0.384 e. The number of thiazole rings is 1. The van der Waals surface area contributed by atoms with Crippen molar-refractivity contribution in [1.29, 1.82) is 0 Å². The predicted octanol–water partition coefficient (Wildman–Crippen LogP) is 2.21. The molecule has 0 unspecified atom stereocenters. The molecule has 2 aromatic rings. The van der Waals surface area contributed by atoms with Crippen LogP contribution < -0.4 is 10.6 Å². The summed E-state index contributed by atoms with van der Waals surface area (Å²) >= 11 is 1.58. The standard InChI is InChI=1S/C13H16N4OS/c1-3-14-10-4-5-12(16-6-10)13(18)17-8-11-7-15-9(2)19-11/h4-7,14H,3,8H2,1-2H3,(H,17,18). The van der Waals surface area contributed by atoms with E-state index in [1.807, 2.05) is 19.9 Å². The third-order valence-electron chi connectivity index (χ3n) is 2.47. The monoisotopic (exact) mass is 276 g/mol. The van der Waals surface area contributed by atoms with Gasteiger partial charge in [-0.15, -0.1) is 11.3 Å². The van der Waals surface area contributed by atoms with E-state index in [4.69, 9.17) is 0 Å². The average Bonchev–Trinajstić information content (AvgIpc) is 2.83. The average molecular weight is 276 g/mol. The van der Waals surface area contributed by atoms with Crippen molar-refractivity contribution in [2.45, 2.75) is 20.4 Å². The van der Waals surface area contributed by atoms with Gasteiger partial charge in [-0.1, -0.05) is 0 Å². The molecule has 0 fully saturated rings. The number of pyridine rings is 1. The fourth-order valence-corrected chi connectivity index (χ4v) is 2.32. The van der Waals surface area contributed by atoms with Crippen LogP contribution in [-0.4, -0.2) is 22.4 Å². The van der Waals surface area contributed by atoms with Crippen LogP contribution in [0.5, 0.6) is 0 Å². The molecular formula is C13H16N4OS. The number of nitrogens with one attached hydrogen (secondary N) is 2. The van der Waals surface area contributed by atoms with Gasteiger partial charge in [-0.05, 0) is 26.0 Å². The Bertz CT molecular complexity index is 550.